The quantitative estimate of drug-likeness (QED) is 0.860. The highest BCUT2D eigenvalue weighted by molar-refractivity contribution is 6.39. The number of benzene rings is 1. The zero-order chi connectivity index (χ0) is 14.4. The van der Waals surface area contributed by atoms with Crippen LogP contribution in [0.5, 0.6) is 5.88 Å². The Labute approximate surface area is 116 Å². The van der Waals surface area contributed by atoms with Gasteiger partial charge in [0, 0.05) is 18.7 Å². The Bertz CT molecular complexity index is 595. The molecule has 19 heavy (non-hydrogen) atoms. The van der Waals surface area contributed by atoms with Crippen LogP contribution < -0.4 is 0 Å². The predicted octanol–water partition coefficient (Wildman–Crippen LogP) is 4.12. The molecular weight excluding hydrogens is 304 g/mol. The van der Waals surface area contributed by atoms with Gasteiger partial charge in [0.25, 0.3) is 0 Å². The lowest BCUT2D eigenvalue weighted by atomic mass is 10.1. The van der Waals surface area contributed by atoms with Crippen molar-refractivity contribution in [3.63, 3.8) is 0 Å². The van der Waals surface area contributed by atoms with Crippen LogP contribution in [0.15, 0.2) is 18.2 Å². The normalized spacial score (nSPS) is 11.9. The van der Waals surface area contributed by atoms with Gasteiger partial charge in [-0.1, -0.05) is 23.2 Å². The molecule has 102 valence electrons. The molecule has 0 aliphatic carbocycles. The molecule has 0 spiro atoms. The van der Waals surface area contributed by atoms with Crippen molar-refractivity contribution in [2.24, 2.45) is 7.05 Å². The molecule has 1 aromatic heterocycles. The molecule has 0 amide bonds. The molecule has 0 fully saturated rings. The summed E-state index contributed by atoms with van der Waals surface area (Å²) in [4.78, 5) is 0. The summed E-state index contributed by atoms with van der Waals surface area (Å²) >= 11 is 11.6. The second-order valence-corrected chi connectivity index (χ2v) is 4.64. The predicted molar refractivity (Wildman–Crippen MR) is 65.3 cm³/mol. The highest BCUT2D eigenvalue weighted by atomic mass is 35.5. The minimum atomic E-state index is -4.53. The van der Waals surface area contributed by atoms with Gasteiger partial charge in [-0.05, 0) is 12.1 Å². The maximum atomic E-state index is 12.6. The molecule has 0 saturated carbocycles. The summed E-state index contributed by atoms with van der Waals surface area (Å²) in [6.45, 7) is 0. The first kappa shape index (κ1) is 14.0. The molecule has 8 heteroatoms. The standard InChI is InChI=1S/C11H7Cl2F3N2O/c1-18-9(19)4-8(17-18)10-6(12)2-5(3-7(10)13)11(14,15)16/h2-4,19H,1H3. The van der Waals surface area contributed by atoms with E-state index < -0.39 is 11.7 Å². The smallest absolute Gasteiger partial charge is 0.416 e. The summed E-state index contributed by atoms with van der Waals surface area (Å²) in [6, 6.07) is 2.81. The van der Waals surface area contributed by atoms with Gasteiger partial charge >= 0.3 is 6.18 Å². The van der Waals surface area contributed by atoms with E-state index in [1.807, 2.05) is 0 Å². The summed E-state index contributed by atoms with van der Waals surface area (Å²) in [5, 5.41) is 12.9. The fourth-order valence-electron chi connectivity index (χ4n) is 1.56. The molecule has 0 aliphatic rings. The van der Waals surface area contributed by atoms with Crippen LogP contribution in [0.2, 0.25) is 10.0 Å². The van der Waals surface area contributed by atoms with Crippen LogP contribution in [0.4, 0.5) is 13.2 Å². The second-order valence-electron chi connectivity index (χ2n) is 3.82. The van der Waals surface area contributed by atoms with Crippen molar-refractivity contribution in [3.05, 3.63) is 33.8 Å². The minimum absolute atomic E-state index is 0.146. The molecule has 3 nitrogen and oxygen atoms in total. The lowest BCUT2D eigenvalue weighted by molar-refractivity contribution is -0.137. The lowest BCUT2D eigenvalue weighted by Gasteiger charge is -2.10. The molecule has 1 aromatic carbocycles. The monoisotopic (exact) mass is 310 g/mol. The van der Waals surface area contributed by atoms with Gasteiger partial charge in [-0.25, -0.2) is 4.68 Å². The Balaban J connectivity index is 2.60. The molecule has 0 bridgehead atoms. The van der Waals surface area contributed by atoms with E-state index in [9.17, 15) is 18.3 Å². The Hall–Kier alpha value is -1.40. The Morgan fingerprint density at radius 3 is 2.05 bits per heavy atom. The van der Waals surface area contributed by atoms with Crippen molar-refractivity contribution >= 4 is 23.2 Å². The number of hydrogen-bond acceptors (Lipinski definition) is 2. The first-order valence-corrected chi connectivity index (χ1v) is 5.75. The largest absolute Gasteiger partial charge is 0.493 e. The Kier molecular flexibility index (Phi) is 3.40. The van der Waals surface area contributed by atoms with Crippen molar-refractivity contribution in [3.8, 4) is 17.1 Å². The number of rotatable bonds is 1. The molecule has 1 heterocycles. The average molecular weight is 311 g/mol. The van der Waals surface area contributed by atoms with Gasteiger partial charge in [-0.15, -0.1) is 0 Å². The number of aromatic nitrogens is 2. The van der Waals surface area contributed by atoms with E-state index in [4.69, 9.17) is 23.2 Å². The molecule has 0 atom stereocenters. The fourth-order valence-corrected chi connectivity index (χ4v) is 2.24. The first-order chi connectivity index (χ1) is 8.70. The van der Waals surface area contributed by atoms with Gasteiger partial charge in [-0.3, -0.25) is 0 Å². The number of halogens is 5. The minimum Gasteiger partial charge on any atom is -0.493 e. The third-order valence-corrected chi connectivity index (χ3v) is 3.08. The number of aryl methyl sites for hydroxylation is 1. The fraction of sp³-hybridized carbons (Fsp3) is 0.182. The summed E-state index contributed by atoms with van der Waals surface area (Å²) in [5.41, 5.74) is -0.595. The van der Waals surface area contributed by atoms with Crippen molar-refractivity contribution in [1.29, 1.82) is 0 Å². The van der Waals surface area contributed by atoms with Crippen molar-refractivity contribution in [2.45, 2.75) is 6.18 Å². The molecule has 0 radical (unpaired) electrons. The third-order valence-electron chi connectivity index (χ3n) is 2.48. The summed E-state index contributed by atoms with van der Waals surface area (Å²) < 4.78 is 38.9. The zero-order valence-electron chi connectivity index (χ0n) is 9.46. The number of nitrogens with zero attached hydrogens (tertiary/aromatic N) is 2. The Morgan fingerprint density at radius 2 is 1.68 bits per heavy atom. The number of hydrogen-bond donors (Lipinski definition) is 1. The highest BCUT2D eigenvalue weighted by Gasteiger charge is 2.32. The van der Waals surface area contributed by atoms with Crippen LogP contribution in [-0.4, -0.2) is 14.9 Å². The summed E-state index contributed by atoms with van der Waals surface area (Å²) in [6.07, 6.45) is -4.53. The van der Waals surface area contributed by atoms with E-state index in [1.165, 1.54) is 13.1 Å². The molecule has 0 aliphatic heterocycles. The average Bonchev–Trinajstić information content (AvgIpc) is 2.56. The number of aromatic hydroxyl groups is 1. The van der Waals surface area contributed by atoms with Crippen LogP contribution in [0.1, 0.15) is 5.56 Å². The molecular formula is C11H7Cl2F3N2O. The van der Waals surface area contributed by atoms with Crippen molar-refractivity contribution < 1.29 is 18.3 Å². The van der Waals surface area contributed by atoms with E-state index in [1.54, 1.807) is 0 Å². The van der Waals surface area contributed by atoms with Gasteiger partial charge in [0.05, 0.1) is 21.3 Å². The summed E-state index contributed by atoms with van der Waals surface area (Å²) in [5.74, 6) is -0.151. The lowest BCUT2D eigenvalue weighted by Crippen LogP contribution is -2.05. The topological polar surface area (TPSA) is 38.0 Å². The van der Waals surface area contributed by atoms with Crippen LogP contribution >= 0.6 is 23.2 Å². The maximum Gasteiger partial charge on any atom is 0.416 e. The van der Waals surface area contributed by atoms with Gasteiger partial charge in [0.2, 0.25) is 5.88 Å². The van der Waals surface area contributed by atoms with E-state index in [2.05, 4.69) is 5.10 Å². The van der Waals surface area contributed by atoms with Crippen molar-refractivity contribution in [2.75, 3.05) is 0 Å². The van der Waals surface area contributed by atoms with Gasteiger partial charge in [0.15, 0.2) is 0 Å². The van der Waals surface area contributed by atoms with Gasteiger partial charge < -0.3 is 5.11 Å². The third kappa shape index (κ3) is 2.64. The zero-order valence-corrected chi connectivity index (χ0v) is 11.0. The molecule has 2 rings (SSSR count). The van der Waals surface area contributed by atoms with Gasteiger partial charge in [-0.2, -0.15) is 18.3 Å². The molecule has 0 unspecified atom stereocenters. The second kappa shape index (κ2) is 4.61. The van der Waals surface area contributed by atoms with E-state index in [0.29, 0.717) is 0 Å². The van der Waals surface area contributed by atoms with E-state index in [-0.39, 0.29) is 27.2 Å². The molecule has 2 aromatic rings. The van der Waals surface area contributed by atoms with E-state index >= 15 is 0 Å². The molecule has 0 saturated heterocycles. The first-order valence-electron chi connectivity index (χ1n) is 4.99. The van der Waals surface area contributed by atoms with Crippen LogP contribution in [-0.2, 0) is 13.2 Å². The summed E-state index contributed by atoms with van der Waals surface area (Å²) in [7, 11) is 1.48. The van der Waals surface area contributed by atoms with Crippen molar-refractivity contribution in [1.82, 2.24) is 9.78 Å². The van der Waals surface area contributed by atoms with Gasteiger partial charge in [0.1, 0.15) is 0 Å². The number of alkyl halides is 3. The van der Waals surface area contributed by atoms with E-state index in [0.717, 1.165) is 16.8 Å². The van der Waals surface area contributed by atoms with Crippen LogP contribution in [0.25, 0.3) is 11.3 Å². The maximum absolute atomic E-state index is 12.6. The van der Waals surface area contributed by atoms with Crippen LogP contribution in [0, 0.1) is 0 Å². The molecule has 1 N–H and O–H groups in total. The van der Waals surface area contributed by atoms with Crippen LogP contribution in [0.3, 0.4) is 0 Å². The Morgan fingerprint density at radius 1 is 1.16 bits per heavy atom. The SMILES string of the molecule is Cn1nc(-c2c(Cl)cc(C(F)(F)F)cc2Cl)cc1O. The highest BCUT2D eigenvalue weighted by Crippen LogP contribution is 2.40.